The highest BCUT2D eigenvalue weighted by Crippen LogP contribution is 2.41. The van der Waals surface area contributed by atoms with Gasteiger partial charge in [-0.05, 0) is 48.9 Å². The summed E-state index contributed by atoms with van der Waals surface area (Å²) < 4.78 is 17.3. The minimum atomic E-state index is -0.415. The van der Waals surface area contributed by atoms with E-state index in [1.807, 2.05) is 68.4 Å². The molecule has 0 spiro atoms. The molecule has 2 heterocycles. The van der Waals surface area contributed by atoms with Crippen molar-refractivity contribution in [3.8, 4) is 11.5 Å². The Morgan fingerprint density at radius 1 is 1.07 bits per heavy atom. The summed E-state index contributed by atoms with van der Waals surface area (Å²) in [6.45, 7) is 4.03. The first-order valence-corrected chi connectivity index (χ1v) is 10.0. The number of carbonyl (C=O) groups is 1. The lowest BCUT2D eigenvalue weighted by Gasteiger charge is -2.37. The molecule has 152 valence electrons. The van der Waals surface area contributed by atoms with Crippen LogP contribution in [-0.4, -0.2) is 18.6 Å². The van der Waals surface area contributed by atoms with Gasteiger partial charge < -0.3 is 19.2 Å². The minimum absolute atomic E-state index is 0.188. The van der Waals surface area contributed by atoms with Gasteiger partial charge in [0.1, 0.15) is 22.7 Å². The molecule has 1 aliphatic rings. The van der Waals surface area contributed by atoms with Crippen LogP contribution < -0.4 is 14.8 Å². The average Bonchev–Trinajstić information content (AvgIpc) is 3.17. The van der Waals surface area contributed by atoms with Crippen molar-refractivity contribution in [2.45, 2.75) is 31.9 Å². The van der Waals surface area contributed by atoms with Gasteiger partial charge >= 0.3 is 0 Å². The molecule has 0 fully saturated rings. The smallest absolute Gasteiger partial charge is 0.287 e. The number of carbonyl (C=O) groups excluding carboxylic acids is 1. The summed E-state index contributed by atoms with van der Waals surface area (Å²) in [4.78, 5) is 13.1. The fourth-order valence-corrected chi connectivity index (χ4v) is 4.22. The number of fused-ring (bicyclic) bond motifs is 4. The summed E-state index contributed by atoms with van der Waals surface area (Å²) >= 11 is 0. The Labute approximate surface area is 174 Å². The number of nitrogens with one attached hydrogen (secondary N) is 1. The highest BCUT2D eigenvalue weighted by molar-refractivity contribution is 6.08. The maximum atomic E-state index is 13.1. The van der Waals surface area contributed by atoms with E-state index in [9.17, 15) is 4.79 Å². The van der Waals surface area contributed by atoms with Crippen LogP contribution in [0.3, 0.4) is 0 Å². The third-order valence-corrected chi connectivity index (χ3v) is 5.63. The van der Waals surface area contributed by atoms with Crippen molar-refractivity contribution in [2.75, 3.05) is 7.11 Å². The van der Waals surface area contributed by atoms with E-state index in [0.29, 0.717) is 17.8 Å². The molecule has 1 aromatic heterocycles. The predicted molar refractivity (Wildman–Crippen MR) is 116 cm³/mol. The van der Waals surface area contributed by atoms with Gasteiger partial charge in [0.25, 0.3) is 5.91 Å². The Bertz CT molecular complexity index is 1270. The molecular weight excluding hydrogens is 378 g/mol. The molecule has 5 nitrogen and oxygen atoms in total. The molecule has 0 aliphatic carbocycles. The summed E-state index contributed by atoms with van der Waals surface area (Å²) in [7, 11) is 1.63. The number of benzene rings is 3. The lowest BCUT2D eigenvalue weighted by Crippen LogP contribution is -2.41. The Morgan fingerprint density at radius 3 is 2.73 bits per heavy atom. The van der Waals surface area contributed by atoms with Crippen molar-refractivity contribution in [3.05, 3.63) is 72.0 Å². The molecule has 5 rings (SSSR count). The standard InChI is InChI=1S/C25H23NO4/c1-25(2)14-20(18-10-9-16(28-3)12-22(18)30-25)26-24(27)23-13-19-17-7-5-4-6-15(17)8-11-21(19)29-23/h4-13,20H,14H2,1-3H3,(H,26,27)/t20-/m1/s1. The van der Waals surface area contributed by atoms with E-state index in [2.05, 4.69) is 11.4 Å². The number of hydrogen-bond donors (Lipinski definition) is 1. The predicted octanol–water partition coefficient (Wildman–Crippen LogP) is 5.63. The van der Waals surface area contributed by atoms with Crippen molar-refractivity contribution < 1.29 is 18.7 Å². The molecule has 3 aromatic carbocycles. The number of amides is 1. The van der Waals surface area contributed by atoms with Gasteiger partial charge in [-0.3, -0.25) is 4.79 Å². The SMILES string of the molecule is COc1ccc2c(c1)OC(C)(C)C[C@H]2NC(=O)c1cc2c(ccc3ccccc32)o1. The molecular formula is C25H23NO4. The molecule has 1 atom stereocenters. The zero-order valence-corrected chi connectivity index (χ0v) is 17.2. The third kappa shape index (κ3) is 3.16. The fraction of sp³-hybridized carbons (Fsp3) is 0.240. The molecule has 0 saturated carbocycles. The summed E-state index contributed by atoms with van der Waals surface area (Å²) in [5.41, 5.74) is 1.22. The first-order valence-electron chi connectivity index (χ1n) is 10.0. The van der Waals surface area contributed by atoms with E-state index >= 15 is 0 Å². The number of hydrogen-bond acceptors (Lipinski definition) is 4. The summed E-state index contributed by atoms with van der Waals surface area (Å²) in [5.74, 6) is 1.52. The average molecular weight is 401 g/mol. The molecule has 1 aliphatic heterocycles. The third-order valence-electron chi connectivity index (χ3n) is 5.63. The van der Waals surface area contributed by atoms with Crippen molar-refractivity contribution >= 4 is 27.6 Å². The number of furan rings is 1. The van der Waals surface area contributed by atoms with Crippen LogP contribution in [0.5, 0.6) is 11.5 Å². The van der Waals surface area contributed by atoms with Crippen LogP contribution in [-0.2, 0) is 0 Å². The largest absolute Gasteiger partial charge is 0.497 e. The van der Waals surface area contributed by atoms with Crippen molar-refractivity contribution in [1.29, 1.82) is 0 Å². The molecule has 5 heteroatoms. The molecule has 1 amide bonds. The van der Waals surface area contributed by atoms with E-state index in [4.69, 9.17) is 13.9 Å². The van der Waals surface area contributed by atoms with Gasteiger partial charge in [-0.2, -0.15) is 0 Å². The second kappa shape index (κ2) is 6.80. The second-order valence-electron chi connectivity index (χ2n) is 8.30. The summed E-state index contributed by atoms with van der Waals surface area (Å²) in [6.07, 6.45) is 0.654. The first-order chi connectivity index (χ1) is 14.4. The van der Waals surface area contributed by atoms with E-state index in [0.717, 1.165) is 33.2 Å². The van der Waals surface area contributed by atoms with Gasteiger partial charge in [0.2, 0.25) is 0 Å². The molecule has 0 bridgehead atoms. The van der Waals surface area contributed by atoms with Crippen LogP contribution in [0.4, 0.5) is 0 Å². The summed E-state index contributed by atoms with van der Waals surface area (Å²) in [5, 5.41) is 6.27. The van der Waals surface area contributed by atoms with Crippen LogP contribution in [0.25, 0.3) is 21.7 Å². The molecule has 1 N–H and O–H groups in total. The topological polar surface area (TPSA) is 60.7 Å². The Hall–Kier alpha value is -3.47. The Morgan fingerprint density at radius 2 is 1.90 bits per heavy atom. The van der Waals surface area contributed by atoms with Crippen LogP contribution in [0, 0.1) is 0 Å². The highest BCUT2D eigenvalue weighted by atomic mass is 16.5. The molecule has 30 heavy (non-hydrogen) atoms. The maximum absolute atomic E-state index is 13.1. The summed E-state index contributed by atoms with van der Waals surface area (Å²) in [6, 6.07) is 19.3. The Kier molecular flexibility index (Phi) is 4.21. The van der Waals surface area contributed by atoms with Gasteiger partial charge in [-0.15, -0.1) is 0 Å². The van der Waals surface area contributed by atoms with Crippen molar-refractivity contribution in [2.24, 2.45) is 0 Å². The van der Waals surface area contributed by atoms with Gasteiger partial charge in [0.15, 0.2) is 5.76 Å². The quantitative estimate of drug-likeness (QED) is 0.483. The van der Waals surface area contributed by atoms with Gasteiger partial charge in [-0.1, -0.05) is 30.3 Å². The lowest BCUT2D eigenvalue weighted by molar-refractivity contribution is 0.0609. The van der Waals surface area contributed by atoms with Gasteiger partial charge in [0.05, 0.1) is 13.2 Å². The zero-order chi connectivity index (χ0) is 20.9. The number of ether oxygens (including phenoxy) is 2. The van der Waals surface area contributed by atoms with E-state index in [1.165, 1.54) is 0 Å². The van der Waals surface area contributed by atoms with Gasteiger partial charge in [0, 0.05) is 23.4 Å². The molecule has 0 unspecified atom stereocenters. The van der Waals surface area contributed by atoms with Crippen molar-refractivity contribution in [3.63, 3.8) is 0 Å². The van der Waals surface area contributed by atoms with E-state index in [-0.39, 0.29) is 11.9 Å². The number of rotatable bonds is 3. The fourth-order valence-electron chi connectivity index (χ4n) is 4.22. The second-order valence-corrected chi connectivity index (χ2v) is 8.30. The van der Waals surface area contributed by atoms with Gasteiger partial charge in [-0.25, -0.2) is 0 Å². The van der Waals surface area contributed by atoms with Crippen molar-refractivity contribution in [1.82, 2.24) is 5.32 Å². The Balaban J connectivity index is 1.49. The first kappa shape index (κ1) is 18.6. The van der Waals surface area contributed by atoms with E-state index in [1.54, 1.807) is 7.11 Å². The maximum Gasteiger partial charge on any atom is 0.287 e. The number of methoxy groups -OCH3 is 1. The molecule has 0 saturated heterocycles. The van der Waals surface area contributed by atoms with Crippen LogP contribution in [0.15, 0.2) is 65.1 Å². The molecule has 4 aromatic rings. The monoisotopic (exact) mass is 401 g/mol. The highest BCUT2D eigenvalue weighted by Gasteiger charge is 2.35. The van der Waals surface area contributed by atoms with Crippen LogP contribution >= 0.6 is 0 Å². The zero-order valence-electron chi connectivity index (χ0n) is 17.2. The van der Waals surface area contributed by atoms with Crippen LogP contribution in [0.2, 0.25) is 0 Å². The minimum Gasteiger partial charge on any atom is -0.497 e. The normalized spacial score (nSPS) is 17.4. The lowest BCUT2D eigenvalue weighted by atomic mass is 9.89. The van der Waals surface area contributed by atoms with E-state index < -0.39 is 5.60 Å². The van der Waals surface area contributed by atoms with Crippen LogP contribution in [0.1, 0.15) is 42.4 Å². The molecule has 0 radical (unpaired) electrons.